The lowest BCUT2D eigenvalue weighted by atomic mass is 9.77. The second kappa shape index (κ2) is 6.06. The van der Waals surface area contributed by atoms with E-state index in [1.807, 2.05) is 13.0 Å². The average molecular weight is 271 g/mol. The van der Waals surface area contributed by atoms with Crippen LogP contribution in [-0.4, -0.2) is 19.0 Å². The Morgan fingerprint density at radius 2 is 2.35 bits per heavy atom. The van der Waals surface area contributed by atoms with E-state index >= 15 is 0 Å². The number of carbonyl (C=O) groups excluding carboxylic acids is 1. The molecule has 2 N–H and O–H groups in total. The number of nitriles is 1. The zero-order chi connectivity index (χ0) is 14.6. The lowest BCUT2D eigenvalue weighted by molar-refractivity contribution is -0.126. The van der Waals surface area contributed by atoms with Crippen molar-refractivity contribution in [2.45, 2.75) is 33.1 Å². The van der Waals surface area contributed by atoms with Crippen molar-refractivity contribution in [1.82, 2.24) is 5.32 Å². The maximum absolute atomic E-state index is 12.6. The van der Waals surface area contributed by atoms with E-state index in [1.165, 1.54) is 0 Å². The predicted octanol–water partition coefficient (Wildman–Crippen LogP) is 2.59. The molecule has 1 aliphatic rings. The molecule has 4 nitrogen and oxygen atoms in total. The minimum Gasteiger partial charge on any atom is -0.325 e. The van der Waals surface area contributed by atoms with E-state index in [0.29, 0.717) is 5.56 Å². The van der Waals surface area contributed by atoms with Crippen LogP contribution in [0.25, 0.3) is 0 Å². The highest BCUT2D eigenvalue weighted by atomic mass is 16.2. The molecule has 0 saturated carbocycles. The van der Waals surface area contributed by atoms with Gasteiger partial charge in [0.25, 0.3) is 0 Å². The number of nitrogens with one attached hydrogen (secondary N) is 2. The molecule has 0 aromatic heterocycles. The molecular weight excluding hydrogens is 250 g/mol. The Hall–Kier alpha value is -1.86. The van der Waals surface area contributed by atoms with Gasteiger partial charge in [-0.05, 0) is 50.4 Å². The minimum absolute atomic E-state index is 0.0605. The Morgan fingerprint density at radius 1 is 1.55 bits per heavy atom. The SMILES string of the molecule is CCC1(C(=O)Nc2cc(C#N)ccc2C)CCCNC1. The fourth-order valence-electron chi connectivity index (χ4n) is 2.71. The number of piperidine rings is 1. The van der Waals surface area contributed by atoms with Gasteiger partial charge in [-0.15, -0.1) is 0 Å². The highest BCUT2D eigenvalue weighted by Crippen LogP contribution is 2.32. The molecule has 0 radical (unpaired) electrons. The summed E-state index contributed by atoms with van der Waals surface area (Å²) in [7, 11) is 0. The van der Waals surface area contributed by atoms with E-state index in [1.54, 1.807) is 12.1 Å². The summed E-state index contributed by atoms with van der Waals surface area (Å²) in [6.07, 6.45) is 2.76. The highest BCUT2D eigenvalue weighted by Gasteiger charge is 2.37. The number of hydrogen-bond acceptors (Lipinski definition) is 3. The van der Waals surface area contributed by atoms with Gasteiger partial charge in [0, 0.05) is 12.2 Å². The van der Waals surface area contributed by atoms with E-state index in [-0.39, 0.29) is 11.3 Å². The maximum Gasteiger partial charge on any atom is 0.231 e. The lowest BCUT2D eigenvalue weighted by Gasteiger charge is -2.35. The number of hydrogen-bond donors (Lipinski definition) is 2. The standard InChI is InChI=1S/C16H21N3O/c1-3-16(7-4-8-18-11-16)15(20)19-14-9-13(10-17)6-5-12(14)2/h5-6,9,18H,3-4,7-8,11H2,1-2H3,(H,19,20). The van der Waals surface area contributed by atoms with Gasteiger partial charge in [-0.3, -0.25) is 4.79 Å². The number of anilines is 1. The molecular formula is C16H21N3O. The van der Waals surface area contributed by atoms with Crippen LogP contribution in [0.4, 0.5) is 5.69 Å². The van der Waals surface area contributed by atoms with E-state index in [4.69, 9.17) is 5.26 Å². The van der Waals surface area contributed by atoms with Crippen LogP contribution in [0.2, 0.25) is 0 Å². The van der Waals surface area contributed by atoms with Crippen molar-refractivity contribution in [3.8, 4) is 6.07 Å². The largest absolute Gasteiger partial charge is 0.325 e. The third-order valence-corrected chi connectivity index (χ3v) is 4.25. The van der Waals surface area contributed by atoms with Gasteiger partial charge in [0.15, 0.2) is 0 Å². The molecule has 106 valence electrons. The monoisotopic (exact) mass is 271 g/mol. The molecule has 0 aliphatic carbocycles. The fraction of sp³-hybridized carbons (Fsp3) is 0.500. The topological polar surface area (TPSA) is 64.9 Å². The quantitative estimate of drug-likeness (QED) is 0.888. The van der Waals surface area contributed by atoms with Gasteiger partial charge in [0.05, 0.1) is 17.0 Å². The van der Waals surface area contributed by atoms with Gasteiger partial charge < -0.3 is 10.6 Å². The Balaban J connectivity index is 2.20. The number of amides is 1. The molecule has 1 heterocycles. The van der Waals surface area contributed by atoms with Crippen LogP contribution in [0.1, 0.15) is 37.3 Å². The van der Waals surface area contributed by atoms with Gasteiger partial charge in [-0.1, -0.05) is 13.0 Å². The van der Waals surface area contributed by atoms with Crippen LogP contribution in [0.5, 0.6) is 0 Å². The van der Waals surface area contributed by atoms with Crippen molar-refractivity contribution in [3.05, 3.63) is 29.3 Å². The zero-order valence-electron chi connectivity index (χ0n) is 12.1. The molecule has 1 fully saturated rings. The Morgan fingerprint density at radius 3 is 2.95 bits per heavy atom. The average Bonchev–Trinajstić information content (AvgIpc) is 2.50. The summed E-state index contributed by atoms with van der Waals surface area (Å²) in [6.45, 7) is 5.71. The molecule has 1 aromatic rings. The summed E-state index contributed by atoms with van der Waals surface area (Å²) >= 11 is 0. The number of carbonyl (C=O) groups is 1. The van der Waals surface area contributed by atoms with Crippen LogP contribution >= 0.6 is 0 Å². The number of nitrogens with zero attached hydrogens (tertiary/aromatic N) is 1. The van der Waals surface area contributed by atoms with Crippen LogP contribution in [0.3, 0.4) is 0 Å². The normalized spacial score (nSPS) is 22.1. The van der Waals surface area contributed by atoms with E-state index in [2.05, 4.69) is 23.6 Å². The first-order valence-corrected chi connectivity index (χ1v) is 7.14. The third-order valence-electron chi connectivity index (χ3n) is 4.25. The van der Waals surface area contributed by atoms with Gasteiger partial charge in [-0.25, -0.2) is 0 Å². The van der Waals surface area contributed by atoms with Crippen LogP contribution in [-0.2, 0) is 4.79 Å². The first kappa shape index (κ1) is 14.5. The van der Waals surface area contributed by atoms with Gasteiger partial charge >= 0.3 is 0 Å². The van der Waals surface area contributed by atoms with Gasteiger partial charge in [-0.2, -0.15) is 5.26 Å². The summed E-state index contributed by atoms with van der Waals surface area (Å²) in [5, 5.41) is 15.3. The molecule has 1 atom stereocenters. The first-order valence-electron chi connectivity index (χ1n) is 7.14. The summed E-state index contributed by atoms with van der Waals surface area (Å²) in [4.78, 5) is 12.6. The second-order valence-electron chi connectivity index (χ2n) is 5.51. The summed E-state index contributed by atoms with van der Waals surface area (Å²) in [5.41, 5.74) is 1.96. The highest BCUT2D eigenvalue weighted by molar-refractivity contribution is 5.96. The van der Waals surface area contributed by atoms with Gasteiger partial charge in [0.2, 0.25) is 5.91 Å². The fourth-order valence-corrected chi connectivity index (χ4v) is 2.71. The van der Waals surface area contributed by atoms with Crippen LogP contribution in [0.15, 0.2) is 18.2 Å². The molecule has 1 saturated heterocycles. The van der Waals surface area contributed by atoms with E-state index in [0.717, 1.165) is 43.6 Å². The Labute approximate surface area is 120 Å². The first-order chi connectivity index (χ1) is 9.61. The summed E-state index contributed by atoms with van der Waals surface area (Å²) in [5.74, 6) is 0.0605. The van der Waals surface area contributed by atoms with Crippen molar-refractivity contribution in [2.75, 3.05) is 18.4 Å². The molecule has 0 spiro atoms. The molecule has 1 aliphatic heterocycles. The van der Waals surface area contributed by atoms with Crippen molar-refractivity contribution < 1.29 is 4.79 Å². The van der Waals surface area contributed by atoms with Crippen molar-refractivity contribution in [3.63, 3.8) is 0 Å². The predicted molar refractivity (Wildman–Crippen MR) is 79.4 cm³/mol. The van der Waals surface area contributed by atoms with Crippen molar-refractivity contribution >= 4 is 11.6 Å². The van der Waals surface area contributed by atoms with Crippen molar-refractivity contribution in [2.24, 2.45) is 5.41 Å². The van der Waals surface area contributed by atoms with E-state index in [9.17, 15) is 4.79 Å². The zero-order valence-corrected chi connectivity index (χ0v) is 12.1. The number of aryl methyl sites for hydroxylation is 1. The molecule has 2 rings (SSSR count). The Bertz CT molecular complexity index is 539. The Kier molecular flexibility index (Phi) is 4.41. The lowest BCUT2D eigenvalue weighted by Crippen LogP contribution is -2.47. The second-order valence-corrected chi connectivity index (χ2v) is 5.51. The molecule has 1 aromatic carbocycles. The molecule has 0 bridgehead atoms. The molecule has 1 amide bonds. The number of benzene rings is 1. The molecule has 4 heteroatoms. The smallest absolute Gasteiger partial charge is 0.231 e. The van der Waals surface area contributed by atoms with E-state index < -0.39 is 0 Å². The number of rotatable bonds is 3. The summed E-state index contributed by atoms with van der Waals surface area (Å²) < 4.78 is 0. The summed E-state index contributed by atoms with van der Waals surface area (Å²) in [6, 6.07) is 7.48. The maximum atomic E-state index is 12.6. The minimum atomic E-state index is -0.326. The van der Waals surface area contributed by atoms with Gasteiger partial charge in [0.1, 0.15) is 0 Å². The molecule has 20 heavy (non-hydrogen) atoms. The van der Waals surface area contributed by atoms with Crippen LogP contribution in [0, 0.1) is 23.7 Å². The third kappa shape index (κ3) is 2.83. The van der Waals surface area contributed by atoms with Crippen LogP contribution < -0.4 is 10.6 Å². The van der Waals surface area contributed by atoms with Crippen molar-refractivity contribution in [1.29, 1.82) is 5.26 Å². The molecule has 1 unspecified atom stereocenters.